The maximum Gasteiger partial charge on any atom is 0.451 e. The molecule has 13 heteroatoms. The molecule has 0 spiro atoms. The van der Waals surface area contributed by atoms with Crippen LogP contribution in [0, 0.1) is 5.82 Å². The number of hydrogen-bond donors (Lipinski definition) is 1. The summed E-state index contributed by atoms with van der Waals surface area (Å²) >= 11 is 6.09. The highest BCUT2D eigenvalue weighted by atomic mass is 35.5. The van der Waals surface area contributed by atoms with Gasteiger partial charge in [0, 0.05) is 30.5 Å². The van der Waals surface area contributed by atoms with Crippen molar-refractivity contribution in [2.75, 3.05) is 0 Å². The highest BCUT2D eigenvalue weighted by Crippen LogP contribution is 2.30. The van der Waals surface area contributed by atoms with E-state index in [2.05, 4.69) is 20.3 Å². The lowest BCUT2D eigenvalue weighted by molar-refractivity contribution is -0.145. The van der Waals surface area contributed by atoms with Gasteiger partial charge in [0.15, 0.2) is 0 Å². The molecule has 3 atom stereocenters. The summed E-state index contributed by atoms with van der Waals surface area (Å²) in [5, 5.41) is 2.87. The van der Waals surface area contributed by atoms with E-state index >= 15 is 0 Å². The van der Waals surface area contributed by atoms with Gasteiger partial charge in [-0.15, -0.1) is 0 Å². The first-order valence-electron chi connectivity index (χ1n) is 10.8. The average molecular weight is 542 g/mol. The van der Waals surface area contributed by atoms with Crippen LogP contribution >= 0.6 is 11.6 Å². The van der Waals surface area contributed by atoms with E-state index in [1.807, 2.05) is 6.92 Å². The SMILES string of the molecule is CC1CCC(C(=O)NCc2cc(Cl)nc(-c3cnc(C(F)(F)F)nc3)c2)N1S(=O)c1ccc(F)cc1. The molecule has 0 radical (unpaired) electrons. The molecule has 1 fully saturated rings. The Kier molecular flexibility index (Phi) is 7.67. The third kappa shape index (κ3) is 5.88. The number of benzene rings is 1. The summed E-state index contributed by atoms with van der Waals surface area (Å²) in [6, 6.07) is 7.57. The molecule has 3 aromatic rings. The van der Waals surface area contributed by atoms with E-state index in [1.165, 1.54) is 30.3 Å². The van der Waals surface area contributed by atoms with Crippen LogP contribution in [-0.2, 0) is 28.5 Å². The van der Waals surface area contributed by atoms with Gasteiger partial charge in [0.1, 0.15) is 28.0 Å². The second kappa shape index (κ2) is 10.6. The number of nitrogens with one attached hydrogen (secondary N) is 1. The highest BCUT2D eigenvalue weighted by molar-refractivity contribution is 7.82. The van der Waals surface area contributed by atoms with E-state index in [1.54, 1.807) is 10.4 Å². The molecule has 3 heterocycles. The molecule has 1 aliphatic heterocycles. The maximum atomic E-state index is 13.3. The van der Waals surface area contributed by atoms with E-state index in [9.17, 15) is 26.6 Å². The van der Waals surface area contributed by atoms with Gasteiger partial charge in [0.05, 0.1) is 10.6 Å². The Hall–Kier alpha value is -2.96. The first kappa shape index (κ1) is 26.1. The Balaban J connectivity index is 1.47. The van der Waals surface area contributed by atoms with Crippen LogP contribution in [0.5, 0.6) is 0 Å². The van der Waals surface area contributed by atoms with Crippen molar-refractivity contribution < 1.29 is 26.6 Å². The van der Waals surface area contributed by atoms with Gasteiger partial charge in [-0.3, -0.25) is 4.79 Å². The summed E-state index contributed by atoms with van der Waals surface area (Å²) in [5.41, 5.74) is 1.02. The fourth-order valence-electron chi connectivity index (χ4n) is 3.87. The normalized spacial score (nSPS) is 19.3. The summed E-state index contributed by atoms with van der Waals surface area (Å²) in [6.45, 7) is 1.92. The molecular formula is C23H20ClF4N5O2S. The number of nitrogens with zero attached hydrogens (tertiary/aromatic N) is 4. The molecule has 0 saturated carbocycles. The minimum atomic E-state index is -4.66. The van der Waals surface area contributed by atoms with Gasteiger partial charge in [0.2, 0.25) is 11.7 Å². The predicted octanol–water partition coefficient (Wildman–Crippen LogP) is 4.54. The Morgan fingerprint density at radius 3 is 2.47 bits per heavy atom. The van der Waals surface area contributed by atoms with Gasteiger partial charge >= 0.3 is 6.18 Å². The molecule has 1 amide bonds. The van der Waals surface area contributed by atoms with Gasteiger partial charge in [-0.1, -0.05) is 11.6 Å². The van der Waals surface area contributed by atoms with Crippen molar-refractivity contribution in [2.45, 2.75) is 49.5 Å². The second-order valence-electron chi connectivity index (χ2n) is 8.20. The zero-order chi connectivity index (χ0) is 26.0. The van der Waals surface area contributed by atoms with Crippen molar-refractivity contribution >= 4 is 28.5 Å². The Morgan fingerprint density at radius 2 is 1.83 bits per heavy atom. The van der Waals surface area contributed by atoms with Crippen molar-refractivity contribution in [3.63, 3.8) is 0 Å². The van der Waals surface area contributed by atoms with E-state index in [-0.39, 0.29) is 34.9 Å². The van der Waals surface area contributed by atoms with Gasteiger partial charge in [-0.25, -0.2) is 27.9 Å². The molecule has 3 unspecified atom stereocenters. The number of pyridine rings is 1. The summed E-state index contributed by atoms with van der Waals surface area (Å²) < 4.78 is 66.2. The van der Waals surface area contributed by atoms with Crippen LogP contribution in [0.15, 0.2) is 53.7 Å². The fraction of sp³-hybridized carbons (Fsp3) is 0.304. The Morgan fingerprint density at radius 1 is 1.17 bits per heavy atom. The molecule has 1 aliphatic rings. The monoisotopic (exact) mass is 541 g/mol. The van der Waals surface area contributed by atoms with Crippen LogP contribution < -0.4 is 5.32 Å². The molecule has 7 nitrogen and oxygen atoms in total. The van der Waals surface area contributed by atoms with Crippen LogP contribution in [0.4, 0.5) is 17.6 Å². The molecule has 2 aromatic heterocycles. The number of rotatable bonds is 6. The van der Waals surface area contributed by atoms with E-state index in [0.29, 0.717) is 23.3 Å². The minimum Gasteiger partial charge on any atom is -0.351 e. The molecule has 0 aliphatic carbocycles. The number of carbonyl (C=O) groups excluding carboxylic acids is 1. The quantitative estimate of drug-likeness (QED) is 0.366. The number of alkyl halides is 3. The lowest BCUT2D eigenvalue weighted by Gasteiger charge is -2.26. The lowest BCUT2D eigenvalue weighted by atomic mass is 10.1. The van der Waals surface area contributed by atoms with Crippen molar-refractivity contribution in [3.05, 3.63) is 71.2 Å². The van der Waals surface area contributed by atoms with Crippen molar-refractivity contribution in [1.82, 2.24) is 24.6 Å². The molecule has 1 aromatic carbocycles. The largest absolute Gasteiger partial charge is 0.451 e. The van der Waals surface area contributed by atoms with Crippen molar-refractivity contribution in [1.29, 1.82) is 0 Å². The van der Waals surface area contributed by atoms with E-state index < -0.39 is 34.8 Å². The van der Waals surface area contributed by atoms with E-state index in [4.69, 9.17) is 11.6 Å². The fourth-order valence-corrected chi connectivity index (χ4v) is 5.58. The standard InChI is InChI=1S/C23H20ClF4N5O2S/c1-13-2-7-19(33(13)36(35)17-5-3-16(25)4-6-17)21(34)29-10-14-8-18(32-20(24)9-14)15-11-30-22(31-12-15)23(26,27)28/h3-6,8-9,11-13,19H,2,7,10H2,1H3,(H,29,34). The molecule has 190 valence electrons. The number of halogens is 5. The summed E-state index contributed by atoms with van der Waals surface area (Å²) in [5.74, 6) is -2.06. The van der Waals surface area contributed by atoms with Crippen LogP contribution in [0.25, 0.3) is 11.3 Å². The molecular weight excluding hydrogens is 522 g/mol. The number of amides is 1. The molecule has 0 bridgehead atoms. The van der Waals surface area contributed by atoms with Gasteiger partial charge in [-0.2, -0.15) is 13.2 Å². The third-order valence-corrected chi connectivity index (χ3v) is 7.50. The van der Waals surface area contributed by atoms with Gasteiger partial charge in [0.25, 0.3) is 0 Å². The average Bonchev–Trinajstić information content (AvgIpc) is 3.23. The van der Waals surface area contributed by atoms with Crippen LogP contribution in [-0.4, -0.2) is 41.5 Å². The summed E-state index contributed by atoms with van der Waals surface area (Å²) in [7, 11) is -1.66. The van der Waals surface area contributed by atoms with Crippen LogP contribution in [0.3, 0.4) is 0 Å². The Bertz CT molecular complexity index is 1270. The van der Waals surface area contributed by atoms with Gasteiger partial charge < -0.3 is 5.32 Å². The summed E-state index contributed by atoms with van der Waals surface area (Å²) in [6.07, 6.45) is -1.52. The topological polar surface area (TPSA) is 88.1 Å². The smallest absolute Gasteiger partial charge is 0.351 e. The third-order valence-electron chi connectivity index (χ3n) is 5.63. The zero-order valence-electron chi connectivity index (χ0n) is 18.8. The molecule has 1 N–H and O–H groups in total. The molecule has 1 saturated heterocycles. The first-order valence-corrected chi connectivity index (χ1v) is 12.3. The lowest BCUT2D eigenvalue weighted by Crippen LogP contribution is -2.45. The Labute approximate surface area is 211 Å². The predicted molar refractivity (Wildman–Crippen MR) is 124 cm³/mol. The zero-order valence-corrected chi connectivity index (χ0v) is 20.4. The van der Waals surface area contributed by atoms with Crippen LogP contribution in [0.2, 0.25) is 5.15 Å². The molecule has 36 heavy (non-hydrogen) atoms. The first-order chi connectivity index (χ1) is 17.0. The number of hydrogen-bond acceptors (Lipinski definition) is 5. The number of aromatic nitrogens is 3. The molecule has 4 rings (SSSR count). The number of carbonyl (C=O) groups is 1. The highest BCUT2D eigenvalue weighted by Gasteiger charge is 2.39. The minimum absolute atomic E-state index is 0.0530. The maximum absolute atomic E-state index is 13.3. The van der Waals surface area contributed by atoms with Crippen LogP contribution in [0.1, 0.15) is 31.2 Å². The summed E-state index contributed by atoms with van der Waals surface area (Å²) in [4.78, 5) is 24.2. The second-order valence-corrected chi connectivity index (χ2v) is 9.98. The van der Waals surface area contributed by atoms with E-state index in [0.717, 1.165) is 12.4 Å². The van der Waals surface area contributed by atoms with Crippen molar-refractivity contribution in [2.24, 2.45) is 0 Å². The van der Waals surface area contributed by atoms with Crippen molar-refractivity contribution in [3.8, 4) is 11.3 Å². The van der Waals surface area contributed by atoms with Gasteiger partial charge in [-0.05, 0) is 61.7 Å².